The molecule has 1 aliphatic carbocycles. The first kappa shape index (κ1) is 18.7. The molecule has 0 unspecified atom stereocenters. The van der Waals surface area contributed by atoms with Gasteiger partial charge in [0.25, 0.3) is 0 Å². The zero-order valence-corrected chi connectivity index (χ0v) is 16.2. The topological polar surface area (TPSA) is 52.7 Å². The van der Waals surface area contributed by atoms with Crippen LogP contribution < -0.4 is 5.32 Å². The fraction of sp³-hybridized carbons (Fsp3) is 0.900. The molecule has 142 valence electrons. The van der Waals surface area contributed by atoms with Crippen LogP contribution in [0.25, 0.3) is 0 Å². The van der Waals surface area contributed by atoms with Crippen LogP contribution in [0.2, 0.25) is 0 Å². The predicted molar refractivity (Wildman–Crippen MR) is 99.0 cm³/mol. The van der Waals surface area contributed by atoms with Crippen molar-refractivity contribution < 1.29 is 9.59 Å². The maximum atomic E-state index is 12.6. The maximum absolute atomic E-state index is 12.6. The molecule has 5 nitrogen and oxygen atoms in total. The third-order valence-corrected chi connectivity index (χ3v) is 5.97. The lowest BCUT2D eigenvalue weighted by Gasteiger charge is -2.37. The highest BCUT2D eigenvalue weighted by Gasteiger charge is 2.36. The summed E-state index contributed by atoms with van der Waals surface area (Å²) < 4.78 is 0. The molecule has 25 heavy (non-hydrogen) atoms. The van der Waals surface area contributed by atoms with Gasteiger partial charge in [-0.3, -0.25) is 9.59 Å². The van der Waals surface area contributed by atoms with Crippen molar-refractivity contribution >= 4 is 11.8 Å². The summed E-state index contributed by atoms with van der Waals surface area (Å²) in [5.41, 5.74) is 0. The summed E-state index contributed by atoms with van der Waals surface area (Å²) in [5.74, 6) is 2.37. The molecule has 2 heterocycles. The average Bonchev–Trinajstić information content (AvgIpc) is 3.38. The Labute approximate surface area is 152 Å². The Balaban J connectivity index is 1.39. The second-order valence-corrected chi connectivity index (χ2v) is 8.95. The van der Waals surface area contributed by atoms with Gasteiger partial charge < -0.3 is 15.1 Å². The Kier molecular flexibility index (Phi) is 6.03. The summed E-state index contributed by atoms with van der Waals surface area (Å²) in [6.45, 7) is 11.5. The first-order valence-electron chi connectivity index (χ1n) is 10.2. The smallest absolute Gasteiger partial charge is 0.225 e. The molecule has 0 radical (unpaired) electrons. The zero-order valence-electron chi connectivity index (χ0n) is 16.2. The molecule has 1 N–H and O–H groups in total. The van der Waals surface area contributed by atoms with E-state index in [1.165, 1.54) is 6.42 Å². The fourth-order valence-electron chi connectivity index (χ4n) is 4.69. The number of nitrogens with one attached hydrogen (secondary N) is 1. The van der Waals surface area contributed by atoms with E-state index in [-0.39, 0.29) is 17.9 Å². The molecule has 0 spiro atoms. The van der Waals surface area contributed by atoms with Gasteiger partial charge in [0.05, 0.1) is 0 Å². The van der Waals surface area contributed by atoms with Crippen LogP contribution in [-0.4, -0.2) is 60.4 Å². The van der Waals surface area contributed by atoms with Crippen LogP contribution in [-0.2, 0) is 9.59 Å². The van der Waals surface area contributed by atoms with Gasteiger partial charge in [0, 0.05) is 50.6 Å². The van der Waals surface area contributed by atoms with Crippen molar-refractivity contribution in [2.45, 2.75) is 58.9 Å². The quantitative estimate of drug-likeness (QED) is 0.827. The lowest BCUT2D eigenvalue weighted by Crippen LogP contribution is -2.49. The van der Waals surface area contributed by atoms with Crippen molar-refractivity contribution in [1.29, 1.82) is 0 Å². The Bertz CT molecular complexity index is 473. The van der Waals surface area contributed by atoms with Gasteiger partial charge in [-0.15, -0.1) is 0 Å². The molecule has 2 amide bonds. The van der Waals surface area contributed by atoms with Crippen LogP contribution in [0.15, 0.2) is 0 Å². The number of likely N-dealkylation sites (tertiary alicyclic amines) is 2. The van der Waals surface area contributed by atoms with Crippen LogP contribution in [0.5, 0.6) is 0 Å². The molecule has 1 saturated carbocycles. The summed E-state index contributed by atoms with van der Waals surface area (Å²) >= 11 is 0. The normalized spacial score (nSPS) is 30.1. The van der Waals surface area contributed by atoms with E-state index in [0.717, 1.165) is 70.2 Å². The largest absolute Gasteiger partial charge is 0.352 e. The van der Waals surface area contributed by atoms with Crippen LogP contribution in [0.1, 0.15) is 52.9 Å². The highest BCUT2D eigenvalue weighted by atomic mass is 16.2. The number of rotatable bonds is 5. The Morgan fingerprint density at radius 1 is 1.00 bits per heavy atom. The second-order valence-electron chi connectivity index (χ2n) is 8.95. The Morgan fingerprint density at radius 2 is 1.60 bits per heavy atom. The standard InChI is InChI=1S/C20H35N3O2/c1-14-10-15(2)12-22(11-14)13-16(3)21-19(24)17-6-8-23(9-7-17)20(25)18-4-5-18/h14-18H,4-13H2,1-3H3,(H,21,24)/t14-,15-,16+/m1/s1. The average molecular weight is 350 g/mol. The molecule has 3 aliphatic rings. The molecule has 3 atom stereocenters. The van der Waals surface area contributed by atoms with Crippen LogP contribution in [0.4, 0.5) is 0 Å². The van der Waals surface area contributed by atoms with Crippen molar-refractivity contribution in [3.63, 3.8) is 0 Å². The third kappa shape index (κ3) is 5.19. The van der Waals surface area contributed by atoms with Crippen molar-refractivity contribution in [2.24, 2.45) is 23.7 Å². The van der Waals surface area contributed by atoms with Crippen molar-refractivity contribution in [1.82, 2.24) is 15.1 Å². The van der Waals surface area contributed by atoms with Crippen molar-refractivity contribution in [3.05, 3.63) is 0 Å². The number of hydrogen-bond acceptors (Lipinski definition) is 3. The number of piperidine rings is 2. The molecule has 0 aromatic carbocycles. The lowest BCUT2D eigenvalue weighted by molar-refractivity contribution is -0.136. The van der Waals surface area contributed by atoms with E-state index in [1.54, 1.807) is 0 Å². The number of carbonyl (C=O) groups is 2. The van der Waals surface area contributed by atoms with Crippen molar-refractivity contribution in [2.75, 3.05) is 32.7 Å². The Morgan fingerprint density at radius 3 is 2.16 bits per heavy atom. The van der Waals surface area contributed by atoms with Gasteiger partial charge in [-0.2, -0.15) is 0 Å². The van der Waals surface area contributed by atoms with Crippen molar-refractivity contribution in [3.8, 4) is 0 Å². The molecule has 0 bridgehead atoms. The van der Waals surface area contributed by atoms with E-state index in [2.05, 4.69) is 31.0 Å². The molecule has 3 fully saturated rings. The second kappa shape index (κ2) is 8.07. The molecular weight excluding hydrogens is 314 g/mol. The van der Waals surface area contributed by atoms with Crippen LogP contribution >= 0.6 is 0 Å². The van der Waals surface area contributed by atoms with E-state index >= 15 is 0 Å². The molecule has 5 heteroatoms. The van der Waals surface area contributed by atoms with E-state index in [1.807, 2.05) is 4.90 Å². The van der Waals surface area contributed by atoms with E-state index in [9.17, 15) is 9.59 Å². The van der Waals surface area contributed by atoms with Crippen LogP contribution in [0.3, 0.4) is 0 Å². The van der Waals surface area contributed by atoms with E-state index < -0.39 is 0 Å². The van der Waals surface area contributed by atoms with Gasteiger partial charge in [-0.1, -0.05) is 13.8 Å². The summed E-state index contributed by atoms with van der Waals surface area (Å²) in [6, 6.07) is 0.191. The summed E-state index contributed by atoms with van der Waals surface area (Å²) in [7, 11) is 0. The van der Waals surface area contributed by atoms with Gasteiger partial charge in [-0.25, -0.2) is 0 Å². The number of amides is 2. The third-order valence-electron chi connectivity index (χ3n) is 5.97. The Hall–Kier alpha value is -1.10. The summed E-state index contributed by atoms with van der Waals surface area (Å²) in [6.07, 6.45) is 5.06. The molecule has 3 rings (SSSR count). The molecule has 2 aliphatic heterocycles. The zero-order chi connectivity index (χ0) is 18.0. The first-order valence-corrected chi connectivity index (χ1v) is 10.2. The highest BCUT2D eigenvalue weighted by molar-refractivity contribution is 5.82. The molecule has 2 saturated heterocycles. The number of hydrogen-bond donors (Lipinski definition) is 1. The number of carbonyl (C=O) groups excluding carboxylic acids is 2. The van der Waals surface area contributed by atoms with Gasteiger partial charge in [0.1, 0.15) is 0 Å². The first-order chi connectivity index (χ1) is 11.9. The molecular formula is C20H35N3O2. The van der Waals surface area contributed by atoms with Gasteiger partial charge in [0.2, 0.25) is 11.8 Å². The van der Waals surface area contributed by atoms with Gasteiger partial charge in [-0.05, 0) is 50.9 Å². The van der Waals surface area contributed by atoms with Crippen LogP contribution in [0, 0.1) is 23.7 Å². The highest BCUT2D eigenvalue weighted by Crippen LogP contribution is 2.32. The fourth-order valence-corrected chi connectivity index (χ4v) is 4.69. The van der Waals surface area contributed by atoms with E-state index in [0.29, 0.717) is 11.8 Å². The summed E-state index contributed by atoms with van der Waals surface area (Å²) in [5, 5.41) is 3.22. The minimum absolute atomic E-state index is 0.0740. The summed E-state index contributed by atoms with van der Waals surface area (Å²) in [4.78, 5) is 29.2. The van der Waals surface area contributed by atoms with Gasteiger partial charge >= 0.3 is 0 Å². The maximum Gasteiger partial charge on any atom is 0.225 e. The molecule has 0 aromatic rings. The van der Waals surface area contributed by atoms with E-state index in [4.69, 9.17) is 0 Å². The lowest BCUT2D eigenvalue weighted by atomic mass is 9.91. The predicted octanol–water partition coefficient (Wildman–Crippen LogP) is 2.12. The minimum Gasteiger partial charge on any atom is -0.352 e. The van der Waals surface area contributed by atoms with Gasteiger partial charge in [0.15, 0.2) is 0 Å². The minimum atomic E-state index is 0.0740. The monoisotopic (exact) mass is 349 g/mol. The molecule has 0 aromatic heterocycles. The number of nitrogens with zero attached hydrogens (tertiary/aromatic N) is 2. The SMILES string of the molecule is C[C@@H]1C[C@@H](C)CN(C[C@H](C)NC(=O)C2CCN(C(=O)C3CC3)CC2)C1.